The van der Waals surface area contributed by atoms with E-state index in [4.69, 9.17) is 11.6 Å². The van der Waals surface area contributed by atoms with Gasteiger partial charge in [0, 0.05) is 10.6 Å². The van der Waals surface area contributed by atoms with E-state index in [-0.39, 0.29) is 5.78 Å². The topological polar surface area (TPSA) is 20.3 Å². The van der Waals surface area contributed by atoms with Crippen molar-refractivity contribution in [3.05, 3.63) is 34.9 Å². The molecule has 0 unspecified atom stereocenters. The number of Topliss-reactive ketones (excluding diaryl/α,β-unsaturated/α-hetero) is 1. The van der Waals surface area contributed by atoms with Gasteiger partial charge in [-0.25, -0.2) is 0 Å². The molecule has 0 spiro atoms. The maximum absolute atomic E-state index is 12.3. The van der Waals surface area contributed by atoms with Crippen LogP contribution in [0.1, 0.15) is 62.7 Å². The van der Waals surface area contributed by atoms with Gasteiger partial charge in [-0.05, 0) is 50.2 Å². The minimum Gasteiger partial charge on any atom is -0.296 e. The molecule has 1 aromatic rings. The summed E-state index contributed by atoms with van der Waals surface area (Å²) in [5.74, 6) is 0.194. The summed E-state index contributed by atoms with van der Waals surface area (Å²) < 4.78 is 0. The maximum atomic E-state index is 12.3. The third kappa shape index (κ3) is 7.63. The van der Waals surface area contributed by atoms with Crippen molar-refractivity contribution in [1.82, 2.24) is 4.90 Å². The van der Waals surface area contributed by atoms with Gasteiger partial charge in [-0.3, -0.25) is 9.69 Å². The van der Waals surface area contributed by atoms with E-state index >= 15 is 0 Å². The van der Waals surface area contributed by atoms with E-state index in [1.807, 2.05) is 12.1 Å². The Labute approximate surface area is 134 Å². The predicted octanol–water partition coefficient (Wildman–Crippen LogP) is 5.21. The number of carbonyl (C=O) groups is 1. The zero-order valence-corrected chi connectivity index (χ0v) is 14.2. The molecular weight excluding hydrogens is 282 g/mol. The van der Waals surface area contributed by atoms with Crippen LogP contribution in [0.15, 0.2) is 24.3 Å². The van der Waals surface area contributed by atoms with Crippen molar-refractivity contribution < 1.29 is 4.79 Å². The van der Waals surface area contributed by atoms with Gasteiger partial charge in [0.1, 0.15) is 0 Å². The molecule has 0 bridgehead atoms. The van der Waals surface area contributed by atoms with Crippen LogP contribution in [0.2, 0.25) is 5.02 Å². The lowest BCUT2D eigenvalue weighted by atomic mass is 10.1. The first-order valence-corrected chi connectivity index (χ1v) is 8.56. The lowest BCUT2D eigenvalue weighted by Crippen LogP contribution is -2.32. The first-order chi connectivity index (χ1) is 10.2. The number of halogens is 1. The summed E-state index contributed by atoms with van der Waals surface area (Å²) in [4.78, 5) is 14.7. The van der Waals surface area contributed by atoms with Crippen LogP contribution in [0.3, 0.4) is 0 Å². The highest BCUT2D eigenvalue weighted by Gasteiger charge is 2.12. The van der Waals surface area contributed by atoms with Crippen molar-refractivity contribution in [2.45, 2.75) is 52.4 Å². The van der Waals surface area contributed by atoms with Crippen LogP contribution in [-0.2, 0) is 0 Å². The van der Waals surface area contributed by atoms with Crippen LogP contribution in [0.4, 0.5) is 0 Å². The molecule has 0 aliphatic rings. The number of carbonyl (C=O) groups excluding carboxylic acids is 1. The van der Waals surface area contributed by atoms with Gasteiger partial charge in [0.25, 0.3) is 0 Å². The van der Waals surface area contributed by atoms with Crippen LogP contribution >= 0.6 is 11.6 Å². The molecule has 0 N–H and O–H groups in total. The Bertz CT molecular complexity index is 392. The summed E-state index contributed by atoms with van der Waals surface area (Å²) in [6.07, 6.45) is 7.26. The van der Waals surface area contributed by atoms with Gasteiger partial charge < -0.3 is 0 Å². The minimum absolute atomic E-state index is 0.194. The second kappa shape index (κ2) is 10.8. The van der Waals surface area contributed by atoms with E-state index in [0.717, 1.165) is 18.7 Å². The second-order valence-corrected chi connectivity index (χ2v) is 6.06. The fraction of sp³-hybridized carbons (Fsp3) is 0.611. The molecule has 118 valence electrons. The largest absolute Gasteiger partial charge is 0.296 e. The first-order valence-electron chi connectivity index (χ1n) is 8.18. The zero-order valence-electron chi connectivity index (χ0n) is 13.4. The van der Waals surface area contributed by atoms with Gasteiger partial charge >= 0.3 is 0 Å². The predicted molar refractivity (Wildman–Crippen MR) is 91.3 cm³/mol. The van der Waals surface area contributed by atoms with E-state index in [0.29, 0.717) is 11.6 Å². The molecule has 3 heteroatoms. The summed E-state index contributed by atoms with van der Waals surface area (Å²) in [5, 5.41) is 0.675. The summed E-state index contributed by atoms with van der Waals surface area (Å²) in [6, 6.07) is 7.21. The summed E-state index contributed by atoms with van der Waals surface area (Å²) in [6.45, 7) is 6.99. The maximum Gasteiger partial charge on any atom is 0.176 e. The number of hydrogen-bond donors (Lipinski definition) is 0. The molecule has 0 aromatic heterocycles. The average Bonchev–Trinajstić information content (AvgIpc) is 2.48. The summed E-state index contributed by atoms with van der Waals surface area (Å²) >= 11 is 5.87. The van der Waals surface area contributed by atoms with Crippen molar-refractivity contribution in [1.29, 1.82) is 0 Å². The average molecular weight is 310 g/mol. The number of benzene rings is 1. The van der Waals surface area contributed by atoms with Crippen molar-refractivity contribution >= 4 is 17.4 Å². The fourth-order valence-corrected chi connectivity index (χ4v) is 2.50. The SMILES string of the molecule is CCCCCN(CCCCC)CC(=O)c1ccc(Cl)cc1. The monoisotopic (exact) mass is 309 g/mol. The Hall–Kier alpha value is -0.860. The minimum atomic E-state index is 0.194. The summed E-state index contributed by atoms with van der Waals surface area (Å²) in [5.41, 5.74) is 0.760. The molecule has 0 amide bonds. The Morgan fingerprint density at radius 3 is 1.95 bits per heavy atom. The highest BCUT2D eigenvalue weighted by atomic mass is 35.5. The Balaban J connectivity index is 2.52. The normalized spacial score (nSPS) is 11.0. The van der Waals surface area contributed by atoms with Crippen molar-refractivity contribution in [2.24, 2.45) is 0 Å². The number of ketones is 1. The molecule has 0 aliphatic heterocycles. The van der Waals surface area contributed by atoms with Crippen molar-refractivity contribution in [3.8, 4) is 0 Å². The molecular formula is C18H28ClNO. The quantitative estimate of drug-likeness (QED) is 0.413. The van der Waals surface area contributed by atoms with Gasteiger partial charge in [-0.2, -0.15) is 0 Å². The molecule has 0 saturated carbocycles. The molecule has 1 rings (SSSR count). The second-order valence-electron chi connectivity index (χ2n) is 5.62. The van der Waals surface area contributed by atoms with Crippen molar-refractivity contribution in [3.63, 3.8) is 0 Å². The summed E-state index contributed by atoms with van der Waals surface area (Å²) in [7, 11) is 0. The van der Waals surface area contributed by atoms with Crippen molar-refractivity contribution in [2.75, 3.05) is 19.6 Å². The van der Waals surface area contributed by atoms with E-state index in [9.17, 15) is 4.79 Å². The van der Waals surface area contributed by atoms with Gasteiger partial charge in [-0.1, -0.05) is 51.1 Å². The molecule has 0 heterocycles. The third-order valence-electron chi connectivity index (χ3n) is 3.69. The van der Waals surface area contributed by atoms with E-state index in [1.165, 1.54) is 38.5 Å². The number of nitrogens with zero attached hydrogens (tertiary/aromatic N) is 1. The number of unbranched alkanes of at least 4 members (excludes halogenated alkanes) is 4. The van der Waals surface area contributed by atoms with Gasteiger partial charge in [0.15, 0.2) is 5.78 Å². The van der Waals surface area contributed by atoms with Gasteiger partial charge in [0.05, 0.1) is 6.54 Å². The van der Waals surface area contributed by atoms with Gasteiger partial charge in [0.2, 0.25) is 0 Å². The molecule has 0 atom stereocenters. The van der Waals surface area contributed by atoms with Crippen LogP contribution in [0.5, 0.6) is 0 Å². The van der Waals surface area contributed by atoms with E-state index < -0.39 is 0 Å². The molecule has 2 nitrogen and oxygen atoms in total. The Morgan fingerprint density at radius 1 is 0.952 bits per heavy atom. The molecule has 0 aliphatic carbocycles. The third-order valence-corrected chi connectivity index (χ3v) is 3.94. The van der Waals surface area contributed by atoms with E-state index in [1.54, 1.807) is 12.1 Å². The zero-order chi connectivity index (χ0) is 15.5. The molecule has 0 fully saturated rings. The smallest absolute Gasteiger partial charge is 0.176 e. The molecule has 1 aromatic carbocycles. The van der Waals surface area contributed by atoms with Crippen LogP contribution in [0, 0.1) is 0 Å². The molecule has 0 saturated heterocycles. The Kier molecular flexibility index (Phi) is 9.36. The van der Waals surface area contributed by atoms with E-state index in [2.05, 4.69) is 18.7 Å². The molecule has 0 radical (unpaired) electrons. The van der Waals surface area contributed by atoms with Gasteiger partial charge in [-0.15, -0.1) is 0 Å². The standard InChI is InChI=1S/C18H28ClNO/c1-3-5-7-13-20(14-8-6-4-2)15-18(21)16-9-11-17(19)12-10-16/h9-12H,3-8,13-15H2,1-2H3. The first kappa shape index (κ1) is 18.2. The van der Waals surface area contributed by atoms with Crippen LogP contribution < -0.4 is 0 Å². The lowest BCUT2D eigenvalue weighted by molar-refractivity contribution is 0.0928. The number of rotatable bonds is 11. The lowest BCUT2D eigenvalue weighted by Gasteiger charge is -2.21. The Morgan fingerprint density at radius 2 is 1.48 bits per heavy atom. The van der Waals surface area contributed by atoms with Crippen LogP contribution in [-0.4, -0.2) is 30.3 Å². The highest BCUT2D eigenvalue weighted by molar-refractivity contribution is 6.30. The molecule has 21 heavy (non-hydrogen) atoms. The highest BCUT2D eigenvalue weighted by Crippen LogP contribution is 2.11. The van der Waals surface area contributed by atoms with Crippen LogP contribution in [0.25, 0.3) is 0 Å². The fourth-order valence-electron chi connectivity index (χ4n) is 2.37. The number of hydrogen-bond acceptors (Lipinski definition) is 2.